The molecule has 0 saturated carbocycles. The van der Waals surface area contributed by atoms with Crippen LogP contribution < -0.4 is 5.32 Å². The minimum atomic E-state index is -4.50. The number of fused-ring (bicyclic) bond motifs is 1. The summed E-state index contributed by atoms with van der Waals surface area (Å²) in [7, 11) is 0. The number of halogens is 3. The third kappa shape index (κ3) is 3.54. The maximum atomic E-state index is 12.9. The summed E-state index contributed by atoms with van der Waals surface area (Å²) in [5.74, 6) is -0.595. The lowest BCUT2D eigenvalue weighted by molar-refractivity contribution is -0.137. The molecule has 0 spiro atoms. The first-order valence-electron chi connectivity index (χ1n) is 8.02. The molecule has 134 valence electrons. The summed E-state index contributed by atoms with van der Waals surface area (Å²) in [6.45, 7) is 5.67. The molecule has 0 unspecified atom stereocenters. The van der Waals surface area contributed by atoms with E-state index in [0.29, 0.717) is 11.4 Å². The topological polar surface area (TPSA) is 42.0 Å². The first kappa shape index (κ1) is 17.9. The van der Waals surface area contributed by atoms with Gasteiger partial charge in [0.05, 0.1) is 16.8 Å². The monoisotopic (exact) mass is 358 g/mol. The number of anilines is 1. The molecule has 0 fully saturated rings. The van der Waals surface area contributed by atoms with Crippen LogP contribution in [0.3, 0.4) is 0 Å². The van der Waals surface area contributed by atoms with Gasteiger partial charge in [-0.1, -0.05) is 17.7 Å². The van der Waals surface area contributed by atoms with E-state index in [4.69, 9.17) is 0 Å². The molecule has 1 heterocycles. The summed E-state index contributed by atoms with van der Waals surface area (Å²) in [6, 6.07) is 9.98. The van der Waals surface area contributed by atoms with Crippen molar-refractivity contribution in [1.29, 1.82) is 0 Å². The Labute approximate surface area is 148 Å². The standard InChI is InChI=1S/C20H17F3N2O/c1-11-7-12(2)18-16(8-11)17(9-13(3)24-18)25-19(26)14-5-4-6-15(10-14)20(21,22)23/h4-10H,1-3H3,(H,24,25,26). The van der Waals surface area contributed by atoms with Crippen LogP contribution in [0.25, 0.3) is 10.9 Å². The number of nitrogens with zero attached hydrogens (tertiary/aromatic N) is 1. The van der Waals surface area contributed by atoms with Gasteiger partial charge >= 0.3 is 6.18 Å². The minimum Gasteiger partial charge on any atom is -0.321 e. The third-order valence-corrected chi connectivity index (χ3v) is 4.08. The third-order valence-electron chi connectivity index (χ3n) is 4.08. The fraction of sp³-hybridized carbons (Fsp3) is 0.200. The number of carbonyl (C=O) groups excluding carboxylic acids is 1. The summed E-state index contributed by atoms with van der Waals surface area (Å²) in [5.41, 5.74) is 3.08. The van der Waals surface area contributed by atoms with Crippen molar-refractivity contribution < 1.29 is 18.0 Å². The van der Waals surface area contributed by atoms with Crippen molar-refractivity contribution in [3.63, 3.8) is 0 Å². The average Bonchev–Trinajstić information content (AvgIpc) is 2.55. The Balaban J connectivity index is 2.03. The average molecular weight is 358 g/mol. The van der Waals surface area contributed by atoms with E-state index < -0.39 is 17.6 Å². The van der Waals surface area contributed by atoms with Crippen molar-refractivity contribution in [3.8, 4) is 0 Å². The second-order valence-electron chi connectivity index (χ2n) is 6.32. The van der Waals surface area contributed by atoms with Crippen molar-refractivity contribution in [2.75, 3.05) is 5.32 Å². The number of alkyl halides is 3. The van der Waals surface area contributed by atoms with Crippen LogP contribution in [0.15, 0.2) is 42.5 Å². The van der Waals surface area contributed by atoms with Crippen molar-refractivity contribution in [2.45, 2.75) is 26.9 Å². The fourth-order valence-electron chi connectivity index (χ4n) is 2.94. The number of nitrogens with one attached hydrogen (secondary N) is 1. The smallest absolute Gasteiger partial charge is 0.321 e. The van der Waals surface area contributed by atoms with Crippen LogP contribution in [-0.4, -0.2) is 10.9 Å². The predicted molar refractivity (Wildman–Crippen MR) is 95.4 cm³/mol. The molecule has 3 rings (SSSR count). The minimum absolute atomic E-state index is 0.0492. The quantitative estimate of drug-likeness (QED) is 0.664. The number of carbonyl (C=O) groups is 1. The molecule has 0 aliphatic heterocycles. The Morgan fingerprint density at radius 3 is 2.46 bits per heavy atom. The fourth-order valence-corrected chi connectivity index (χ4v) is 2.94. The second-order valence-corrected chi connectivity index (χ2v) is 6.32. The normalized spacial score (nSPS) is 11.6. The van der Waals surface area contributed by atoms with Gasteiger partial charge in [-0.05, 0) is 56.7 Å². The summed E-state index contributed by atoms with van der Waals surface area (Å²) in [4.78, 5) is 17.0. The first-order valence-corrected chi connectivity index (χ1v) is 8.02. The Hall–Kier alpha value is -2.89. The Morgan fingerprint density at radius 1 is 1.04 bits per heavy atom. The van der Waals surface area contributed by atoms with E-state index >= 15 is 0 Å². The molecule has 0 aliphatic rings. The van der Waals surface area contributed by atoms with E-state index in [1.54, 1.807) is 13.0 Å². The largest absolute Gasteiger partial charge is 0.416 e. The molecule has 26 heavy (non-hydrogen) atoms. The van der Waals surface area contributed by atoms with Gasteiger partial charge in [-0.3, -0.25) is 9.78 Å². The number of hydrogen-bond donors (Lipinski definition) is 1. The second kappa shape index (κ2) is 6.44. The number of benzene rings is 2. The van der Waals surface area contributed by atoms with E-state index in [2.05, 4.69) is 10.3 Å². The van der Waals surface area contributed by atoms with Crippen molar-refractivity contribution in [3.05, 3.63) is 70.4 Å². The predicted octanol–water partition coefficient (Wildman–Crippen LogP) is 5.43. The van der Waals surface area contributed by atoms with E-state index in [1.165, 1.54) is 12.1 Å². The van der Waals surface area contributed by atoms with Gasteiger partial charge in [0, 0.05) is 16.6 Å². The number of aryl methyl sites for hydroxylation is 3. The van der Waals surface area contributed by atoms with Gasteiger partial charge in [-0.15, -0.1) is 0 Å². The molecule has 0 radical (unpaired) electrons. The number of pyridine rings is 1. The van der Waals surface area contributed by atoms with Crippen LogP contribution in [0.2, 0.25) is 0 Å². The van der Waals surface area contributed by atoms with Crippen molar-refractivity contribution in [1.82, 2.24) is 4.98 Å². The summed E-state index contributed by atoms with van der Waals surface area (Å²) >= 11 is 0. The lowest BCUT2D eigenvalue weighted by Gasteiger charge is -2.13. The lowest BCUT2D eigenvalue weighted by Crippen LogP contribution is -2.14. The molecular formula is C20H17F3N2O. The molecule has 3 nitrogen and oxygen atoms in total. The highest BCUT2D eigenvalue weighted by Gasteiger charge is 2.30. The number of amides is 1. The van der Waals surface area contributed by atoms with Gasteiger partial charge in [0.15, 0.2) is 0 Å². The lowest BCUT2D eigenvalue weighted by atomic mass is 10.0. The van der Waals surface area contributed by atoms with Crippen LogP contribution >= 0.6 is 0 Å². The van der Waals surface area contributed by atoms with Crippen molar-refractivity contribution >= 4 is 22.5 Å². The summed E-state index contributed by atoms with van der Waals surface area (Å²) in [6.07, 6.45) is -4.50. The Kier molecular flexibility index (Phi) is 4.44. The number of aromatic nitrogens is 1. The van der Waals surface area contributed by atoms with E-state index in [-0.39, 0.29) is 5.56 Å². The maximum Gasteiger partial charge on any atom is 0.416 e. The molecule has 3 aromatic rings. The zero-order valence-corrected chi connectivity index (χ0v) is 14.5. The van der Waals surface area contributed by atoms with Gasteiger partial charge in [0.2, 0.25) is 0 Å². The van der Waals surface area contributed by atoms with Crippen LogP contribution in [0, 0.1) is 20.8 Å². The molecule has 0 bridgehead atoms. The van der Waals surface area contributed by atoms with Gasteiger partial charge in [0.25, 0.3) is 5.91 Å². The van der Waals surface area contributed by atoms with Crippen molar-refractivity contribution in [2.24, 2.45) is 0 Å². The molecule has 0 aliphatic carbocycles. The highest BCUT2D eigenvalue weighted by molar-refractivity contribution is 6.09. The molecule has 6 heteroatoms. The molecular weight excluding hydrogens is 341 g/mol. The van der Waals surface area contributed by atoms with Gasteiger partial charge in [-0.2, -0.15) is 13.2 Å². The van der Waals surface area contributed by atoms with Crippen LogP contribution in [0.5, 0.6) is 0 Å². The zero-order chi connectivity index (χ0) is 19.1. The highest BCUT2D eigenvalue weighted by atomic mass is 19.4. The SMILES string of the molecule is Cc1cc(C)c2nc(C)cc(NC(=O)c3cccc(C(F)(F)F)c3)c2c1. The van der Waals surface area contributed by atoms with E-state index in [1.807, 2.05) is 26.0 Å². The Morgan fingerprint density at radius 2 is 1.77 bits per heavy atom. The highest BCUT2D eigenvalue weighted by Crippen LogP contribution is 2.30. The van der Waals surface area contributed by atoms with Crippen LogP contribution in [-0.2, 0) is 6.18 Å². The van der Waals surface area contributed by atoms with Crippen LogP contribution in [0.1, 0.15) is 32.7 Å². The molecule has 0 atom stereocenters. The molecule has 1 amide bonds. The van der Waals surface area contributed by atoms with Crippen LogP contribution in [0.4, 0.5) is 18.9 Å². The zero-order valence-electron chi connectivity index (χ0n) is 14.5. The van der Waals surface area contributed by atoms with Gasteiger partial charge in [0.1, 0.15) is 0 Å². The summed E-state index contributed by atoms with van der Waals surface area (Å²) in [5, 5.41) is 3.49. The van der Waals surface area contributed by atoms with Gasteiger partial charge in [-0.25, -0.2) is 0 Å². The van der Waals surface area contributed by atoms with E-state index in [9.17, 15) is 18.0 Å². The molecule has 0 saturated heterocycles. The maximum absolute atomic E-state index is 12.9. The number of rotatable bonds is 2. The Bertz CT molecular complexity index is 1010. The summed E-state index contributed by atoms with van der Waals surface area (Å²) < 4.78 is 38.6. The first-order chi connectivity index (χ1) is 12.1. The van der Waals surface area contributed by atoms with E-state index in [0.717, 1.165) is 34.2 Å². The van der Waals surface area contributed by atoms with Gasteiger partial charge < -0.3 is 5.32 Å². The molecule has 1 aromatic heterocycles. The number of hydrogen-bond acceptors (Lipinski definition) is 2. The molecule has 2 aromatic carbocycles. The molecule has 1 N–H and O–H groups in total.